The van der Waals surface area contributed by atoms with Crippen molar-refractivity contribution in [2.75, 3.05) is 29.4 Å². The van der Waals surface area contributed by atoms with Crippen LogP contribution in [0, 0.1) is 0 Å². The Labute approximate surface area is 589 Å². The van der Waals surface area contributed by atoms with E-state index in [0.717, 1.165) is 81.1 Å². The van der Waals surface area contributed by atoms with Crippen LogP contribution in [0.1, 0.15) is 90.5 Å². The van der Waals surface area contributed by atoms with E-state index in [0.29, 0.717) is 0 Å². The van der Waals surface area contributed by atoms with Crippen LogP contribution in [0.3, 0.4) is 0 Å². The van der Waals surface area contributed by atoms with E-state index in [1.54, 1.807) is 0 Å². The molecule has 0 N–H and O–H groups in total. The molecule has 0 saturated heterocycles. The van der Waals surface area contributed by atoms with Crippen molar-refractivity contribution in [3.63, 3.8) is 0 Å². The van der Waals surface area contributed by atoms with Crippen LogP contribution in [-0.2, 0) is 21.7 Å². The molecule has 0 saturated carbocycles. The minimum atomic E-state index is -0.175. The maximum atomic E-state index is 2.67. The molecular weight excluding hydrogens is 1210 g/mol. The number of para-hydroxylation sites is 8. The smallest absolute Gasteiger partial charge is 0.252 e. The molecular formula is C92H78B2N6. The molecule has 0 radical (unpaired) electrons. The van der Waals surface area contributed by atoms with Gasteiger partial charge in [-0.15, -0.1) is 0 Å². The van der Waals surface area contributed by atoms with Crippen molar-refractivity contribution in [2.24, 2.45) is 0 Å². The van der Waals surface area contributed by atoms with Gasteiger partial charge in [-0.05, 0) is 229 Å². The molecule has 8 heteroatoms. The molecule has 4 aliphatic heterocycles. The summed E-state index contributed by atoms with van der Waals surface area (Å²) in [7, 11) is 0. The first kappa shape index (κ1) is 60.0. The molecule has 13 aromatic carbocycles. The van der Waals surface area contributed by atoms with Crippen LogP contribution in [0.5, 0.6) is 0 Å². The van der Waals surface area contributed by atoms with E-state index in [4.69, 9.17) is 0 Å². The molecule has 6 aliphatic rings. The molecule has 0 atom stereocenters. The largest absolute Gasteiger partial charge is 0.311 e. The third kappa shape index (κ3) is 9.11. The van der Waals surface area contributed by atoms with Crippen LogP contribution in [0.2, 0.25) is 0 Å². The van der Waals surface area contributed by atoms with Gasteiger partial charge in [-0.25, -0.2) is 0 Å². The SMILES string of the molecule is CC1(C)CC(C)(C)c2cc(N3c4ccccc4B4c5cc6c(cc5N(c5ccccc5)c5cc(N(c7ccccc7)c7ccccc7)cc3c54)N(c3ccccc3)c3cc(N(c4ccccc4)c4ccccc4)cc4c3B6c3ccccc3N4c3ccc4c(c3)C(C)(C)CC4(C)C)ccc21. The molecule has 0 aromatic heterocycles. The topological polar surface area (TPSA) is 19.4 Å². The van der Waals surface area contributed by atoms with E-state index >= 15 is 0 Å². The van der Waals surface area contributed by atoms with Crippen LogP contribution in [0.25, 0.3) is 0 Å². The Morgan fingerprint density at radius 1 is 0.230 bits per heavy atom. The number of hydrogen-bond donors (Lipinski definition) is 0. The highest BCUT2D eigenvalue weighted by molar-refractivity contribution is 7.03. The van der Waals surface area contributed by atoms with Gasteiger partial charge < -0.3 is 29.4 Å². The van der Waals surface area contributed by atoms with Crippen LogP contribution in [0.15, 0.2) is 303 Å². The number of rotatable bonds is 10. The summed E-state index contributed by atoms with van der Waals surface area (Å²) in [5.41, 5.74) is 33.7. The Hall–Kier alpha value is -11.2. The minimum Gasteiger partial charge on any atom is -0.311 e. The third-order valence-corrected chi connectivity index (χ3v) is 22.9. The zero-order valence-corrected chi connectivity index (χ0v) is 58.1. The first-order chi connectivity index (χ1) is 48.6. The van der Waals surface area contributed by atoms with E-state index in [1.165, 1.54) is 89.2 Å². The number of fused-ring (bicyclic) bond motifs is 10. The second kappa shape index (κ2) is 22.1. The highest BCUT2D eigenvalue weighted by atomic mass is 15.2. The number of benzene rings is 13. The number of hydrogen-bond acceptors (Lipinski definition) is 6. The maximum absolute atomic E-state index is 2.67. The van der Waals surface area contributed by atoms with Gasteiger partial charge >= 0.3 is 0 Å². The minimum absolute atomic E-state index is 0.0195. The lowest BCUT2D eigenvalue weighted by molar-refractivity contribution is 0.402. The Bertz CT molecular complexity index is 5010. The van der Waals surface area contributed by atoms with Gasteiger partial charge in [-0.1, -0.05) is 219 Å². The van der Waals surface area contributed by atoms with E-state index in [2.05, 4.69) is 388 Å². The maximum Gasteiger partial charge on any atom is 0.252 e. The van der Waals surface area contributed by atoms with Crippen molar-refractivity contribution in [1.29, 1.82) is 0 Å². The van der Waals surface area contributed by atoms with Gasteiger partial charge in [0.2, 0.25) is 0 Å². The highest BCUT2D eigenvalue weighted by Crippen LogP contribution is 2.57. The molecule has 13 aromatic rings. The predicted molar refractivity (Wildman–Crippen MR) is 425 cm³/mol. The quantitative estimate of drug-likeness (QED) is 0.126. The van der Waals surface area contributed by atoms with Crippen LogP contribution < -0.4 is 62.2 Å². The fourth-order valence-electron chi connectivity index (χ4n) is 19.3. The second-order valence-electron chi connectivity index (χ2n) is 31.1. The van der Waals surface area contributed by atoms with Gasteiger partial charge in [0.15, 0.2) is 0 Å². The Kier molecular flexibility index (Phi) is 13.3. The molecule has 0 unspecified atom stereocenters. The van der Waals surface area contributed by atoms with E-state index in [1.807, 2.05) is 0 Å². The molecule has 0 amide bonds. The summed E-state index contributed by atoms with van der Waals surface area (Å²) in [6, 6.07) is 115. The van der Waals surface area contributed by atoms with Crippen LogP contribution >= 0.6 is 0 Å². The monoisotopic (exact) mass is 1290 g/mol. The standard InChI is InChI=1S/C92H78B2N6/c1-89(2)59-91(5,6)73-51-67(47-49-71(73)89)99-79-45-29-27-43-75(79)93-77-57-78-82(58-81(77)97(65-39-23-13-24-40-65)83-53-69(55-85(99)87(83)93)95(61-31-15-9-16-32-61)62-33-17-10-18-34-62)98(66-41-25-14-26-42-66)84-54-70(96(63-35-19-11-20-36-63)64-37-21-12-22-38-64)56-86-88(84)94(78)76-44-28-30-46-80(76)100(86)68-48-50-72-74(52-68)92(7,8)60-90(72,3)4/h9-58H,59-60H2,1-8H3. The summed E-state index contributed by atoms with van der Waals surface area (Å²) in [5.74, 6) is 0. The summed E-state index contributed by atoms with van der Waals surface area (Å²) in [5, 5.41) is 0. The van der Waals surface area contributed by atoms with Crippen molar-refractivity contribution in [2.45, 2.75) is 89.9 Å². The van der Waals surface area contributed by atoms with E-state index < -0.39 is 0 Å². The zero-order chi connectivity index (χ0) is 67.6. The van der Waals surface area contributed by atoms with Crippen molar-refractivity contribution < 1.29 is 0 Å². The van der Waals surface area contributed by atoms with Gasteiger partial charge in [0.25, 0.3) is 13.4 Å². The van der Waals surface area contributed by atoms with Gasteiger partial charge in [0.05, 0.1) is 11.4 Å². The van der Waals surface area contributed by atoms with E-state index in [9.17, 15) is 0 Å². The normalized spacial score (nSPS) is 16.1. The first-order valence-corrected chi connectivity index (χ1v) is 35.7. The molecule has 100 heavy (non-hydrogen) atoms. The van der Waals surface area contributed by atoms with Crippen molar-refractivity contribution >= 4 is 149 Å². The fourth-order valence-corrected chi connectivity index (χ4v) is 19.3. The number of anilines is 18. The Morgan fingerprint density at radius 2 is 0.520 bits per heavy atom. The first-order valence-electron chi connectivity index (χ1n) is 35.7. The zero-order valence-electron chi connectivity index (χ0n) is 58.1. The van der Waals surface area contributed by atoms with Crippen LogP contribution in [0.4, 0.5) is 102 Å². The summed E-state index contributed by atoms with van der Waals surface area (Å²) >= 11 is 0. The van der Waals surface area contributed by atoms with Crippen LogP contribution in [-0.4, -0.2) is 13.4 Å². The predicted octanol–water partition coefficient (Wildman–Crippen LogP) is 20.7. The van der Waals surface area contributed by atoms with E-state index in [-0.39, 0.29) is 35.1 Å². The summed E-state index contributed by atoms with van der Waals surface area (Å²) in [6.45, 7) is 19.1. The lowest BCUT2D eigenvalue weighted by Crippen LogP contribution is -2.65. The highest BCUT2D eigenvalue weighted by Gasteiger charge is 2.51. The Balaban J connectivity index is 0.925. The van der Waals surface area contributed by atoms with Gasteiger partial charge in [-0.2, -0.15) is 0 Å². The summed E-state index contributed by atoms with van der Waals surface area (Å²) in [6.07, 6.45) is 2.17. The van der Waals surface area contributed by atoms with Gasteiger partial charge in [0, 0.05) is 91.0 Å². The molecule has 6 nitrogen and oxygen atoms in total. The summed E-state index contributed by atoms with van der Waals surface area (Å²) in [4.78, 5) is 15.4. The average molecular weight is 1290 g/mol. The Morgan fingerprint density at radius 3 is 0.860 bits per heavy atom. The molecule has 482 valence electrons. The second-order valence-corrected chi connectivity index (χ2v) is 31.1. The van der Waals surface area contributed by atoms with Crippen molar-refractivity contribution in [1.82, 2.24) is 0 Å². The number of nitrogens with zero attached hydrogens (tertiary/aromatic N) is 6. The lowest BCUT2D eigenvalue weighted by Gasteiger charge is -2.48. The van der Waals surface area contributed by atoms with Gasteiger partial charge in [0.1, 0.15) is 0 Å². The summed E-state index contributed by atoms with van der Waals surface area (Å²) < 4.78 is 0. The molecule has 4 heterocycles. The molecule has 0 fully saturated rings. The molecule has 0 bridgehead atoms. The third-order valence-electron chi connectivity index (χ3n) is 22.9. The molecule has 19 rings (SSSR count). The van der Waals surface area contributed by atoms with Crippen molar-refractivity contribution in [3.8, 4) is 0 Å². The van der Waals surface area contributed by atoms with Gasteiger partial charge in [-0.3, -0.25) is 0 Å². The average Bonchev–Trinajstić information content (AvgIpc) is 0.845. The fraction of sp³-hybridized carbons (Fsp3) is 0.152. The molecule has 0 spiro atoms. The molecule has 2 aliphatic carbocycles. The van der Waals surface area contributed by atoms with Crippen molar-refractivity contribution in [3.05, 3.63) is 326 Å². The lowest BCUT2D eigenvalue weighted by atomic mass is 9.30.